The molecule has 1 amide bonds. The van der Waals surface area contributed by atoms with Crippen molar-refractivity contribution >= 4 is 5.91 Å². The molecule has 1 saturated heterocycles. The molecule has 0 atom stereocenters. The number of carbonyl (C=O) groups excluding carboxylic acids is 1. The molecule has 0 saturated carbocycles. The van der Waals surface area contributed by atoms with Crippen molar-refractivity contribution in [2.24, 2.45) is 0 Å². The summed E-state index contributed by atoms with van der Waals surface area (Å²) in [5.74, 6) is 0.149. The fourth-order valence-corrected chi connectivity index (χ4v) is 3.56. The maximum Gasteiger partial charge on any atom is 0.234 e. The van der Waals surface area contributed by atoms with Crippen LogP contribution in [0.4, 0.5) is 0 Å². The zero-order valence-corrected chi connectivity index (χ0v) is 16.4. The van der Waals surface area contributed by atoms with Crippen LogP contribution in [-0.2, 0) is 17.8 Å². The highest BCUT2D eigenvalue weighted by Gasteiger charge is 2.19. The van der Waals surface area contributed by atoms with Gasteiger partial charge in [0.25, 0.3) is 0 Å². The number of carbonyl (C=O) groups is 1. The molecule has 1 fully saturated rings. The fourth-order valence-electron chi connectivity index (χ4n) is 3.56. The second kappa shape index (κ2) is 10.2. The molecule has 0 aliphatic carbocycles. The average molecular weight is 366 g/mol. The summed E-state index contributed by atoms with van der Waals surface area (Å²) in [5.41, 5.74) is 4.09. The predicted molar refractivity (Wildman–Crippen MR) is 111 cm³/mol. The lowest BCUT2D eigenvalue weighted by molar-refractivity contribution is -0.122. The first-order valence-corrected chi connectivity index (χ1v) is 10.0. The quantitative estimate of drug-likeness (QED) is 0.731. The van der Waals surface area contributed by atoms with E-state index < -0.39 is 0 Å². The van der Waals surface area contributed by atoms with Crippen molar-refractivity contribution in [2.75, 3.05) is 39.3 Å². The lowest BCUT2D eigenvalue weighted by atomic mass is 10.1. The molecule has 1 aliphatic heterocycles. The molecule has 0 aromatic heterocycles. The maximum absolute atomic E-state index is 12.2. The van der Waals surface area contributed by atoms with Gasteiger partial charge in [0.05, 0.1) is 6.54 Å². The lowest BCUT2D eigenvalue weighted by Gasteiger charge is -2.34. The lowest BCUT2D eigenvalue weighted by Crippen LogP contribution is -2.49. The van der Waals surface area contributed by atoms with Crippen LogP contribution in [0, 0.1) is 6.92 Å². The van der Waals surface area contributed by atoms with Gasteiger partial charge in [-0.2, -0.15) is 0 Å². The van der Waals surface area contributed by atoms with Crippen LogP contribution in [0.15, 0.2) is 54.6 Å². The summed E-state index contributed by atoms with van der Waals surface area (Å²) in [6.45, 7) is 8.42. The van der Waals surface area contributed by atoms with Crippen molar-refractivity contribution in [3.8, 4) is 0 Å². The second-order valence-corrected chi connectivity index (χ2v) is 7.42. The summed E-state index contributed by atoms with van der Waals surface area (Å²) in [7, 11) is 0. The molecule has 0 spiro atoms. The van der Waals surface area contributed by atoms with Gasteiger partial charge in [-0.25, -0.2) is 0 Å². The Kier molecular flexibility index (Phi) is 7.43. The van der Waals surface area contributed by atoms with Crippen molar-refractivity contribution in [2.45, 2.75) is 26.3 Å². The third kappa shape index (κ3) is 6.49. The van der Waals surface area contributed by atoms with Crippen LogP contribution < -0.4 is 5.32 Å². The number of hydrogen-bond donors (Lipinski definition) is 1. The van der Waals surface area contributed by atoms with Gasteiger partial charge in [-0.3, -0.25) is 14.6 Å². The van der Waals surface area contributed by atoms with E-state index in [1.54, 1.807) is 0 Å². The smallest absolute Gasteiger partial charge is 0.234 e. The second-order valence-electron chi connectivity index (χ2n) is 7.42. The third-order valence-electron chi connectivity index (χ3n) is 5.29. The molecule has 4 heteroatoms. The SMILES string of the molecule is Cc1ccccc1CN1CCN(CC(=O)NCCCc2ccccc2)CC1. The van der Waals surface area contributed by atoms with Crippen LogP contribution in [0.25, 0.3) is 0 Å². The largest absolute Gasteiger partial charge is 0.355 e. The molecule has 4 nitrogen and oxygen atoms in total. The minimum Gasteiger partial charge on any atom is -0.355 e. The van der Waals surface area contributed by atoms with E-state index in [1.165, 1.54) is 16.7 Å². The van der Waals surface area contributed by atoms with Crippen LogP contribution >= 0.6 is 0 Å². The van der Waals surface area contributed by atoms with Gasteiger partial charge in [0.2, 0.25) is 5.91 Å². The van der Waals surface area contributed by atoms with Crippen molar-refractivity contribution in [3.63, 3.8) is 0 Å². The van der Waals surface area contributed by atoms with Gasteiger partial charge >= 0.3 is 0 Å². The number of nitrogens with one attached hydrogen (secondary N) is 1. The van der Waals surface area contributed by atoms with E-state index in [0.717, 1.165) is 52.1 Å². The highest BCUT2D eigenvalue weighted by atomic mass is 16.2. The molecule has 1 N–H and O–H groups in total. The van der Waals surface area contributed by atoms with Crippen molar-refractivity contribution in [1.82, 2.24) is 15.1 Å². The normalized spacial score (nSPS) is 15.6. The molecule has 0 bridgehead atoms. The number of aryl methyl sites for hydroxylation is 2. The standard InChI is InChI=1S/C23H31N3O/c1-20-8-5-6-12-22(20)18-25-14-16-26(17-15-25)19-23(27)24-13-7-11-21-9-3-2-4-10-21/h2-6,8-10,12H,7,11,13-19H2,1H3,(H,24,27). The first-order chi connectivity index (χ1) is 13.2. The molecular formula is C23H31N3O. The zero-order valence-electron chi connectivity index (χ0n) is 16.4. The van der Waals surface area contributed by atoms with Gasteiger partial charge in [-0.1, -0.05) is 54.6 Å². The molecule has 0 unspecified atom stereocenters. The maximum atomic E-state index is 12.2. The van der Waals surface area contributed by atoms with Gasteiger partial charge in [-0.15, -0.1) is 0 Å². The zero-order chi connectivity index (χ0) is 18.9. The van der Waals surface area contributed by atoms with Gasteiger partial charge in [0.1, 0.15) is 0 Å². The summed E-state index contributed by atoms with van der Waals surface area (Å²) in [4.78, 5) is 16.9. The number of amides is 1. The van der Waals surface area contributed by atoms with Crippen LogP contribution in [0.1, 0.15) is 23.1 Å². The Morgan fingerprint density at radius 1 is 0.926 bits per heavy atom. The minimum atomic E-state index is 0.149. The van der Waals surface area contributed by atoms with E-state index >= 15 is 0 Å². The summed E-state index contributed by atoms with van der Waals surface area (Å²) < 4.78 is 0. The Hall–Kier alpha value is -2.17. The van der Waals surface area contributed by atoms with Crippen molar-refractivity contribution in [1.29, 1.82) is 0 Å². The van der Waals surface area contributed by atoms with Crippen molar-refractivity contribution < 1.29 is 4.79 Å². The van der Waals surface area contributed by atoms with E-state index in [2.05, 4.69) is 70.6 Å². The van der Waals surface area contributed by atoms with Gasteiger partial charge in [0, 0.05) is 39.3 Å². The topological polar surface area (TPSA) is 35.6 Å². The van der Waals surface area contributed by atoms with Gasteiger partial charge in [-0.05, 0) is 36.5 Å². The molecule has 2 aromatic carbocycles. The van der Waals surface area contributed by atoms with Crippen LogP contribution in [0.2, 0.25) is 0 Å². The summed E-state index contributed by atoms with van der Waals surface area (Å²) in [6, 6.07) is 19.0. The molecule has 3 rings (SSSR count). The molecule has 0 radical (unpaired) electrons. The first kappa shape index (κ1) is 19.6. The molecule has 144 valence electrons. The molecule has 1 heterocycles. The molecular weight excluding hydrogens is 334 g/mol. The Balaban J connectivity index is 1.30. The van der Waals surface area contributed by atoms with Crippen LogP contribution in [0.3, 0.4) is 0 Å². The molecule has 1 aliphatic rings. The van der Waals surface area contributed by atoms with E-state index in [1.807, 2.05) is 6.07 Å². The highest BCUT2D eigenvalue weighted by Crippen LogP contribution is 2.12. The summed E-state index contributed by atoms with van der Waals surface area (Å²) in [6.07, 6.45) is 2.00. The third-order valence-corrected chi connectivity index (χ3v) is 5.29. The van der Waals surface area contributed by atoms with Gasteiger partial charge in [0.15, 0.2) is 0 Å². The molecule has 27 heavy (non-hydrogen) atoms. The minimum absolute atomic E-state index is 0.149. The van der Waals surface area contributed by atoms with E-state index in [4.69, 9.17) is 0 Å². The average Bonchev–Trinajstić information content (AvgIpc) is 2.69. The van der Waals surface area contributed by atoms with E-state index in [9.17, 15) is 4.79 Å². The number of nitrogens with zero attached hydrogens (tertiary/aromatic N) is 2. The van der Waals surface area contributed by atoms with Crippen LogP contribution in [0.5, 0.6) is 0 Å². The Labute approximate surface area is 163 Å². The summed E-state index contributed by atoms with van der Waals surface area (Å²) in [5, 5.41) is 3.06. The predicted octanol–water partition coefficient (Wildman–Crippen LogP) is 2.86. The Morgan fingerprint density at radius 3 is 2.33 bits per heavy atom. The first-order valence-electron chi connectivity index (χ1n) is 10.0. The van der Waals surface area contributed by atoms with E-state index in [-0.39, 0.29) is 5.91 Å². The summed E-state index contributed by atoms with van der Waals surface area (Å²) >= 11 is 0. The molecule has 2 aromatic rings. The van der Waals surface area contributed by atoms with Crippen LogP contribution in [-0.4, -0.2) is 55.0 Å². The number of rotatable bonds is 8. The van der Waals surface area contributed by atoms with Crippen molar-refractivity contribution in [3.05, 3.63) is 71.3 Å². The number of benzene rings is 2. The number of piperazine rings is 1. The number of hydrogen-bond acceptors (Lipinski definition) is 3. The van der Waals surface area contributed by atoms with E-state index in [0.29, 0.717) is 6.54 Å². The Bertz CT molecular complexity index is 709. The fraction of sp³-hybridized carbons (Fsp3) is 0.435. The highest BCUT2D eigenvalue weighted by molar-refractivity contribution is 5.77. The Morgan fingerprint density at radius 2 is 1.59 bits per heavy atom. The van der Waals surface area contributed by atoms with Gasteiger partial charge < -0.3 is 5.32 Å². The monoisotopic (exact) mass is 365 g/mol.